The fourth-order valence-corrected chi connectivity index (χ4v) is 2.41. The lowest BCUT2D eigenvalue weighted by molar-refractivity contribution is 0.0252. The van der Waals surface area contributed by atoms with Crippen LogP contribution in [0.2, 0.25) is 0 Å². The van der Waals surface area contributed by atoms with Gasteiger partial charge in [-0.1, -0.05) is 6.92 Å². The first kappa shape index (κ1) is 13.6. The second-order valence-electron chi connectivity index (χ2n) is 5.62. The monoisotopic (exact) mass is 256 g/mol. The number of rotatable bonds is 4. The first-order chi connectivity index (χ1) is 8.68. The summed E-state index contributed by atoms with van der Waals surface area (Å²) < 4.78 is 10.8. The summed E-state index contributed by atoms with van der Waals surface area (Å²) in [6.45, 7) is 5.97. The van der Waals surface area contributed by atoms with Crippen LogP contribution in [0.3, 0.4) is 0 Å². The van der Waals surface area contributed by atoms with Gasteiger partial charge in [0.1, 0.15) is 0 Å². The Balaban J connectivity index is 1.61. The standard InChI is InChI=1S/C13H24N2O3/c1-13(4-7-17-8-5-13)10-15-12(16)14-9-11-3-2-6-18-11/h11H,2-10H2,1H3,(H2,14,15,16). The van der Waals surface area contributed by atoms with E-state index >= 15 is 0 Å². The number of hydrogen-bond donors (Lipinski definition) is 2. The first-order valence-corrected chi connectivity index (χ1v) is 6.89. The third-order valence-corrected chi connectivity index (χ3v) is 3.89. The number of amides is 2. The summed E-state index contributed by atoms with van der Waals surface area (Å²) in [7, 11) is 0. The molecule has 1 atom stereocenters. The van der Waals surface area contributed by atoms with E-state index in [0.717, 1.165) is 45.5 Å². The molecule has 0 spiro atoms. The van der Waals surface area contributed by atoms with Crippen molar-refractivity contribution in [1.82, 2.24) is 10.6 Å². The predicted molar refractivity (Wildman–Crippen MR) is 68.5 cm³/mol. The van der Waals surface area contributed by atoms with Crippen molar-refractivity contribution in [2.45, 2.75) is 38.7 Å². The van der Waals surface area contributed by atoms with Crippen molar-refractivity contribution in [3.8, 4) is 0 Å². The summed E-state index contributed by atoms with van der Waals surface area (Å²) >= 11 is 0. The molecule has 2 N–H and O–H groups in total. The van der Waals surface area contributed by atoms with Crippen LogP contribution in [-0.2, 0) is 9.47 Å². The van der Waals surface area contributed by atoms with Crippen molar-refractivity contribution >= 4 is 6.03 Å². The van der Waals surface area contributed by atoms with Gasteiger partial charge in [0.05, 0.1) is 6.10 Å². The van der Waals surface area contributed by atoms with E-state index in [1.54, 1.807) is 0 Å². The summed E-state index contributed by atoms with van der Waals surface area (Å²) in [5, 5.41) is 5.83. The van der Waals surface area contributed by atoms with Crippen LogP contribution in [0.25, 0.3) is 0 Å². The molecule has 2 aliphatic rings. The normalized spacial score (nSPS) is 26.8. The molecule has 0 aromatic carbocycles. The van der Waals surface area contributed by atoms with E-state index in [9.17, 15) is 4.79 Å². The molecule has 5 nitrogen and oxygen atoms in total. The van der Waals surface area contributed by atoms with E-state index in [-0.39, 0.29) is 17.6 Å². The molecule has 0 radical (unpaired) electrons. The number of urea groups is 1. The Morgan fingerprint density at radius 1 is 1.28 bits per heavy atom. The van der Waals surface area contributed by atoms with Crippen LogP contribution < -0.4 is 10.6 Å². The summed E-state index contributed by atoms with van der Waals surface area (Å²) in [5.74, 6) is 0. The van der Waals surface area contributed by atoms with Gasteiger partial charge in [-0.3, -0.25) is 0 Å². The van der Waals surface area contributed by atoms with Gasteiger partial charge in [0.15, 0.2) is 0 Å². The third kappa shape index (κ3) is 4.14. The molecule has 104 valence electrons. The molecule has 0 aromatic rings. The van der Waals surface area contributed by atoms with Crippen LogP contribution in [0, 0.1) is 5.41 Å². The summed E-state index contributed by atoms with van der Waals surface area (Å²) in [4.78, 5) is 11.7. The zero-order chi connectivity index (χ0) is 12.8. The van der Waals surface area contributed by atoms with Gasteiger partial charge in [0.25, 0.3) is 0 Å². The molecule has 2 heterocycles. The fourth-order valence-electron chi connectivity index (χ4n) is 2.41. The summed E-state index contributed by atoms with van der Waals surface area (Å²) in [6.07, 6.45) is 4.38. The van der Waals surface area contributed by atoms with Gasteiger partial charge in [0, 0.05) is 32.9 Å². The molecular formula is C13H24N2O3. The van der Waals surface area contributed by atoms with Gasteiger partial charge in [-0.2, -0.15) is 0 Å². The molecule has 18 heavy (non-hydrogen) atoms. The van der Waals surface area contributed by atoms with Crippen LogP contribution in [0.5, 0.6) is 0 Å². The highest BCUT2D eigenvalue weighted by Gasteiger charge is 2.27. The van der Waals surface area contributed by atoms with E-state index in [1.807, 2.05) is 0 Å². The molecule has 2 amide bonds. The van der Waals surface area contributed by atoms with Gasteiger partial charge in [-0.25, -0.2) is 4.79 Å². The molecule has 2 rings (SSSR count). The van der Waals surface area contributed by atoms with E-state index in [4.69, 9.17) is 9.47 Å². The summed E-state index contributed by atoms with van der Waals surface area (Å²) in [5.41, 5.74) is 0.180. The maximum absolute atomic E-state index is 11.7. The first-order valence-electron chi connectivity index (χ1n) is 6.89. The lowest BCUT2D eigenvalue weighted by Crippen LogP contribution is -2.45. The Bertz CT molecular complexity index is 271. The van der Waals surface area contributed by atoms with Gasteiger partial charge < -0.3 is 20.1 Å². The van der Waals surface area contributed by atoms with Gasteiger partial charge in [-0.15, -0.1) is 0 Å². The van der Waals surface area contributed by atoms with Crippen molar-refractivity contribution in [2.24, 2.45) is 5.41 Å². The van der Waals surface area contributed by atoms with E-state index < -0.39 is 0 Å². The Kier molecular flexibility index (Phi) is 4.83. The molecule has 2 saturated heterocycles. The van der Waals surface area contributed by atoms with Crippen LogP contribution in [-0.4, -0.2) is 45.0 Å². The predicted octanol–water partition coefficient (Wildman–Crippen LogP) is 1.28. The molecule has 2 aliphatic heterocycles. The second kappa shape index (κ2) is 6.38. The maximum Gasteiger partial charge on any atom is 0.314 e. The average molecular weight is 256 g/mol. The van der Waals surface area contributed by atoms with E-state index in [1.165, 1.54) is 0 Å². The second-order valence-corrected chi connectivity index (χ2v) is 5.62. The SMILES string of the molecule is CC1(CNC(=O)NCC2CCCO2)CCOCC1. The molecule has 0 saturated carbocycles. The lowest BCUT2D eigenvalue weighted by atomic mass is 9.82. The topological polar surface area (TPSA) is 59.6 Å². The highest BCUT2D eigenvalue weighted by molar-refractivity contribution is 5.73. The van der Waals surface area contributed by atoms with Gasteiger partial charge >= 0.3 is 6.03 Å². The molecule has 0 bridgehead atoms. The largest absolute Gasteiger partial charge is 0.381 e. The lowest BCUT2D eigenvalue weighted by Gasteiger charge is -2.33. The van der Waals surface area contributed by atoms with Crippen LogP contribution >= 0.6 is 0 Å². The highest BCUT2D eigenvalue weighted by Crippen LogP contribution is 2.28. The van der Waals surface area contributed by atoms with E-state index in [2.05, 4.69) is 17.6 Å². The van der Waals surface area contributed by atoms with E-state index in [0.29, 0.717) is 13.1 Å². The van der Waals surface area contributed by atoms with Gasteiger partial charge in [0.2, 0.25) is 0 Å². The number of carbonyl (C=O) groups excluding carboxylic acids is 1. The minimum absolute atomic E-state index is 0.0850. The number of nitrogens with one attached hydrogen (secondary N) is 2. The van der Waals surface area contributed by atoms with Crippen molar-refractivity contribution in [1.29, 1.82) is 0 Å². The van der Waals surface area contributed by atoms with Crippen molar-refractivity contribution < 1.29 is 14.3 Å². The molecule has 0 aromatic heterocycles. The fraction of sp³-hybridized carbons (Fsp3) is 0.923. The molecular weight excluding hydrogens is 232 g/mol. The van der Waals surface area contributed by atoms with Crippen molar-refractivity contribution in [3.63, 3.8) is 0 Å². The number of ether oxygens (including phenoxy) is 2. The average Bonchev–Trinajstić information content (AvgIpc) is 2.88. The van der Waals surface area contributed by atoms with Crippen LogP contribution in [0.1, 0.15) is 32.6 Å². The van der Waals surface area contributed by atoms with Gasteiger partial charge in [-0.05, 0) is 31.1 Å². The molecule has 1 unspecified atom stereocenters. The molecule has 5 heteroatoms. The minimum atomic E-state index is -0.0850. The minimum Gasteiger partial charge on any atom is -0.381 e. The Hall–Kier alpha value is -0.810. The van der Waals surface area contributed by atoms with Crippen LogP contribution in [0.4, 0.5) is 4.79 Å². The Morgan fingerprint density at radius 3 is 2.72 bits per heavy atom. The quantitative estimate of drug-likeness (QED) is 0.796. The zero-order valence-corrected chi connectivity index (χ0v) is 11.2. The zero-order valence-electron chi connectivity index (χ0n) is 11.2. The Labute approximate surface area is 109 Å². The maximum atomic E-state index is 11.7. The molecule has 2 fully saturated rings. The molecule has 0 aliphatic carbocycles. The van der Waals surface area contributed by atoms with Crippen molar-refractivity contribution in [2.75, 3.05) is 32.9 Å². The Morgan fingerprint density at radius 2 is 2.06 bits per heavy atom. The third-order valence-electron chi connectivity index (χ3n) is 3.89. The smallest absolute Gasteiger partial charge is 0.314 e. The number of carbonyl (C=O) groups is 1. The van der Waals surface area contributed by atoms with Crippen LogP contribution in [0.15, 0.2) is 0 Å². The van der Waals surface area contributed by atoms with Crippen molar-refractivity contribution in [3.05, 3.63) is 0 Å². The summed E-state index contributed by atoms with van der Waals surface area (Å²) in [6, 6.07) is -0.0850. The highest BCUT2D eigenvalue weighted by atomic mass is 16.5. The number of hydrogen-bond acceptors (Lipinski definition) is 3.